The normalized spacial score (nSPS) is 11.1. The first-order valence-corrected chi connectivity index (χ1v) is 6.27. The molecule has 0 unspecified atom stereocenters. The maximum atomic E-state index is 11.3. The molecule has 0 N–H and O–H groups in total. The van der Waals surface area contributed by atoms with E-state index in [2.05, 4.69) is 13.8 Å². The van der Waals surface area contributed by atoms with Gasteiger partial charge in [-0.1, -0.05) is 44.2 Å². The van der Waals surface area contributed by atoms with Gasteiger partial charge in [0.25, 0.3) is 5.97 Å². The average molecular weight is 208 g/mol. The van der Waals surface area contributed by atoms with Crippen LogP contribution >= 0.6 is 0 Å². The van der Waals surface area contributed by atoms with E-state index in [1.807, 2.05) is 30.3 Å². The topological polar surface area (TPSA) is 26.3 Å². The van der Waals surface area contributed by atoms with E-state index in [9.17, 15) is 4.79 Å². The molecule has 1 aromatic carbocycles. The Hall–Kier alpha value is -1.09. The summed E-state index contributed by atoms with van der Waals surface area (Å²) in [6.07, 6.45) is 0.403. The van der Waals surface area contributed by atoms with E-state index in [1.54, 1.807) is 0 Å². The first-order valence-electron chi connectivity index (χ1n) is 4.88. The van der Waals surface area contributed by atoms with Gasteiger partial charge in [-0.2, -0.15) is 0 Å². The van der Waals surface area contributed by atoms with Crippen LogP contribution in [0.3, 0.4) is 0 Å². The van der Waals surface area contributed by atoms with Gasteiger partial charge in [-0.05, 0) is 11.1 Å². The summed E-state index contributed by atoms with van der Waals surface area (Å²) in [6, 6.07) is 9.69. The number of hydrogen-bond donors (Lipinski definition) is 0. The zero-order valence-corrected chi connectivity index (χ0v) is 10.1. The quantitative estimate of drug-likeness (QED) is 0.704. The minimum Gasteiger partial charge on any atom is -0.524 e. The van der Waals surface area contributed by atoms with Crippen LogP contribution in [-0.2, 0) is 15.6 Å². The molecule has 0 amide bonds. The molecule has 0 aromatic heterocycles. The second-order valence-electron chi connectivity index (χ2n) is 3.74. The van der Waals surface area contributed by atoms with E-state index in [-0.39, 0.29) is 5.97 Å². The van der Waals surface area contributed by atoms with Crippen molar-refractivity contribution in [1.82, 2.24) is 0 Å². The van der Waals surface area contributed by atoms with Crippen molar-refractivity contribution < 1.29 is 9.22 Å². The summed E-state index contributed by atoms with van der Waals surface area (Å²) in [5.74, 6) is -0.0865. The van der Waals surface area contributed by atoms with Crippen molar-refractivity contribution in [2.24, 2.45) is 0 Å². The number of carbonyl (C=O) groups excluding carboxylic acids is 1. The predicted molar refractivity (Wildman–Crippen MR) is 59.9 cm³/mol. The number of benzene rings is 1. The van der Waals surface area contributed by atoms with E-state index in [1.165, 1.54) is 0 Å². The van der Waals surface area contributed by atoms with Crippen LogP contribution in [-0.4, -0.2) is 15.7 Å². The fourth-order valence-corrected chi connectivity index (χ4v) is 1.69. The molecular formula is C11H16O2Si. The molecule has 0 bridgehead atoms. The Morgan fingerprint density at radius 1 is 1.36 bits per heavy atom. The molecule has 0 aliphatic carbocycles. The first kappa shape index (κ1) is 11.0. The van der Waals surface area contributed by atoms with E-state index >= 15 is 0 Å². The molecule has 0 spiro atoms. The lowest BCUT2D eigenvalue weighted by atomic mass is 10.2. The zero-order valence-electron chi connectivity index (χ0n) is 8.69. The molecule has 0 radical (unpaired) electrons. The molecule has 0 atom stereocenters. The summed E-state index contributed by atoms with van der Waals surface area (Å²) in [6.45, 7) is 4.17. The lowest BCUT2D eigenvalue weighted by Crippen LogP contribution is -2.13. The van der Waals surface area contributed by atoms with Gasteiger partial charge < -0.3 is 4.43 Å². The Bertz CT molecular complexity index is 283. The molecule has 0 saturated carbocycles. The third-order valence-electron chi connectivity index (χ3n) is 1.77. The van der Waals surface area contributed by atoms with Crippen molar-refractivity contribution in [2.75, 3.05) is 0 Å². The maximum absolute atomic E-state index is 11.3. The standard InChI is InChI=1S/C11H16O2Si/c1-9(2)14-13-11(12)8-10-6-4-3-5-7-10/h3-7,9H,8,14H2,1-2H3. The van der Waals surface area contributed by atoms with Crippen molar-refractivity contribution in [3.05, 3.63) is 35.9 Å². The van der Waals surface area contributed by atoms with Crippen LogP contribution in [0.1, 0.15) is 19.4 Å². The lowest BCUT2D eigenvalue weighted by molar-refractivity contribution is -0.133. The van der Waals surface area contributed by atoms with Crippen LogP contribution in [0.25, 0.3) is 0 Å². The monoisotopic (exact) mass is 208 g/mol. The summed E-state index contributed by atoms with van der Waals surface area (Å²) in [7, 11) is -0.667. The highest BCUT2D eigenvalue weighted by Crippen LogP contribution is 2.02. The van der Waals surface area contributed by atoms with Crippen molar-refractivity contribution in [3.8, 4) is 0 Å². The van der Waals surface area contributed by atoms with Gasteiger partial charge in [0.2, 0.25) is 9.76 Å². The molecule has 76 valence electrons. The SMILES string of the molecule is CC(C)[SiH2]OC(=O)Cc1ccccc1. The highest BCUT2D eigenvalue weighted by Gasteiger charge is 2.05. The van der Waals surface area contributed by atoms with Crippen LogP contribution in [0.4, 0.5) is 0 Å². The Morgan fingerprint density at radius 3 is 2.57 bits per heavy atom. The van der Waals surface area contributed by atoms with Gasteiger partial charge in [-0.3, -0.25) is 4.79 Å². The molecule has 0 heterocycles. The third-order valence-corrected chi connectivity index (χ3v) is 2.92. The van der Waals surface area contributed by atoms with Crippen LogP contribution in [0, 0.1) is 0 Å². The van der Waals surface area contributed by atoms with Gasteiger partial charge in [0, 0.05) is 0 Å². The lowest BCUT2D eigenvalue weighted by Gasteiger charge is -2.06. The molecule has 2 nitrogen and oxygen atoms in total. The molecule has 1 rings (SSSR count). The van der Waals surface area contributed by atoms with E-state index < -0.39 is 9.76 Å². The summed E-state index contributed by atoms with van der Waals surface area (Å²) in [4.78, 5) is 11.3. The Balaban J connectivity index is 2.35. The highest BCUT2D eigenvalue weighted by atomic mass is 28.2. The second-order valence-corrected chi connectivity index (χ2v) is 5.99. The number of hydrogen-bond acceptors (Lipinski definition) is 2. The molecule has 0 fully saturated rings. The van der Waals surface area contributed by atoms with Crippen molar-refractivity contribution in [2.45, 2.75) is 25.8 Å². The van der Waals surface area contributed by atoms with Gasteiger partial charge in [0.15, 0.2) is 0 Å². The van der Waals surface area contributed by atoms with Crippen molar-refractivity contribution in [1.29, 1.82) is 0 Å². The molecular weight excluding hydrogens is 192 g/mol. The average Bonchev–Trinajstić information content (AvgIpc) is 2.16. The first-order chi connectivity index (χ1) is 6.68. The van der Waals surface area contributed by atoms with Gasteiger partial charge in [-0.25, -0.2) is 0 Å². The predicted octanol–water partition coefficient (Wildman–Crippen LogP) is 1.68. The summed E-state index contributed by atoms with van der Waals surface area (Å²) in [5, 5.41) is 0. The Labute approximate surface area is 87.2 Å². The molecule has 3 heteroatoms. The number of rotatable bonds is 4. The van der Waals surface area contributed by atoms with E-state index in [4.69, 9.17) is 4.43 Å². The van der Waals surface area contributed by atoms with Crippen molar-refractivity contribution in [3.63, 3.8) is 0 Å². The van der Waals surface area contributed by atoms with Crippen LogP contribution < -0.4 is 0 Å². The Kier molecular flexibility index (Phi) is 4.39. The zero-order chi connectivity index (χ0) is 10.4. The third kappa shape index (κ3) is 4.23. The van der Waals surface area contributed by atoms with E-state index in [0.717, 1.165) is 5.56 Å². The van der Waals surface area contributed by atoms with Crippen LogP contribution in [0.5, 0.6) is 0 Å². The fourth-order valence-electron chi connectivity index (χ4n) is 1.07. The van der Waals surface area contributed by atoms with Crippen molar-refractivity contribution >= 4 is 15.7 Å². The van der Waals surface area contributed by atoms with Gasteiger partial charge in [-0.15, -0.1) is 0 Å². The molecule has 0 aliphatic rings. The molecule has 0 saturated heterocycles. The molecule has 0 aliphatic heterocycles. The molecule has 14 heavy (non-hydrogen) atoms. The molecule has 1 aromatic rings. The van der Waals surface area contributed by atoms with E-state index in [0.29, 0.717) is 12.0 Å². The smallest absolute Gasteiger partial charge is 0.296 e. The summed E-state index contributed by atoms with van der Waals surface area (Å²) < 4.78 is 5.21. The van der Waals surface area contributed by atoms with Crippen LogP contribution in [0.2, 0.25) is 5.54 Å². The minimum atomic E-state index is -0.667. The number of carbonyl (C=O) groups is 1. The fraction of sp³-hybridized carbons (Fsp3) is 0.364. The van der Waals surface area contributed by atoms with Gasteiger partial charge in [0.1, 0.15) is 0 Å². The summed E-state index contributed by atoms with van der Waals surface area (Å²) in [5.41, 5.74) is 1.56. The Morgan fingerprint density at radius 2 is 2.00 bits per heavy atom. The highest BCUT2D eigenvalue weighted by molar-refractivity contribution is 6.32. The minimum absolute atomic E-state index is 0.0865. The van der Waals surface area contributed by atoms with Crippen LogP contribution in [0.15, 0.2) is 30.3 Å². The second kappa shape index (κ2) is 5.60. The largest absolute Gasteiger partial charge is 0.524 e. The maximum Gasteiger partial charge on any atom is 0.296 e. The van der Waals surface area contributed by atoms with Gasteiger partial charge >= 0.3 is 0 Å². The summed E-state index contributed by atoms with van der Waals surface area (Å²) >= 11 is 0. The van der Waals surface area contributed by atoms with Gasteiger partial charge in [0.05, 0.1) is 6.42 Å².